The smallest absolute Gasteiger partial charge is 0.295 e. The lowest BCUT2D eigenvalue weighted by molar-refractivity contribution is -0.140. The summed E-state index contributed by atoms with van der Waals surface area (Å²) >= 11 is 0. The Morgan fingerprint density at radius 3 is 2.57 bits per heavy atom. The number of ether oxygens (including phenoxy) is 4. The van der Waals surface area contributed by atoms with Gasteiger partial charge in [-0.25, -0.2) is 0 Å². The second-order valence-electron chi connectivity index (χ2n) is 9.23. The zero-order valence-electron chi connectivity index (χ0n) is 21.0. The van der Waals surface area contributed by atoms with Gasteiger partial charge < -0.3 is 29.0 Å². The molecule has 0 aliphatic carbocycles. The van der Waals surface area contributed by atoms with E-state index in [0.717, 1.165) is 19.5 Å². The van der Waals surface area contributed by atoms with E-state index in [9.17, 15) is 14.7 Å². The van der Waals surface area contributed by atoms with Crippen LogP contribution in [0.2, 0.25) is 0 Å². The molecule has 0 saturated carbocycles. The molecule has 1 N–H and O–H groups in total. The molecule has 0 aromatic heterocycles. The van der Waals surface area contributed by atoms with Gasteiger partial charge in [-0.05, 0) is 42.3 Å². The molecule has 2 aromatic carbocycles. The molecule has 5 rings (SSSR count). The Morgan fingerprint density at radius 2 is 1.78 bits per heavy atom. The maximum atomic E-state index is 13.4. The zero-order valence-corrected chi connectivity index (χ0v) is 21.0. The molecule has 3 heterocycles. The summed E-state index contributed by atoms with van der Waals surface area (Å²) in [5, 5.41) is 11.4. The van der Waals surface area contributed by atoms with Crippen LogP contribution in [-0.2, 0) is 14.3 Å². The van der Waals surface area contributed by atoms with Gasteiger partial charge in [0, 0.05) is 31.7 Å². The zero-order chi connectivity index (χ0) is 25.8. The minimum atomic E-state index is -0.751. The summed E-state index contributed by atoms with van der Waals surface area (Å²) in [7, 11) is 0. The number of fused-ring (bicyclic) bond motifs is 1. The Kier molecular flexibility index (Phi) is 7.62. The van der Waals surface area contributed by atoms with Gasteiger partial charge in [-0.2, -0.15) is 0 Å². The van der Waals surface area contributed by atoms with E-state index < -0.39 is 17.7 Å². The summed E-state index contributed by atoms with van der Waals surface area (Å²) in [6.07, 6.45) is 0.854. The van der Waals surface area contributed by atoms with Crippen LogP contribution in [0.25, 0.3) is 5.76 Å². The summed E-state index contributed by atoms with van der Waals surface area (Å²) in [6, 6.07) is 11.6. The number of hydrogen-bond acceptors (Lipinski definition) is 8. The second kappa shape index (κ2) is 11.2. The molecule has 1 atom stereocenters. The van der Waals surface area contributed by atoms with Crippen molar-refractivity contribution in [1.29, 1.82) is 0 Å². The number of morpholine rings is 1. The van der Waals surface area contributed by atoms with Crippen LogP contribution in [0.1, 0.15) is 30.5 Å². The lowest BCUT2D eigenvalue weighted by Gasteiger charge is -2.31. The fourth-order valence-corrected chi connectivity index (χ4v) is 4.87. The number of aliphatic hydroxyl groups is 1. The van der Waals surface area contributed by atoms with Crippen molar-refractivity contribution < 1.29 is 33.6 Å². The lowest BCUT2D eigenvalue weighted by Crippen LogP contribution is -2.42. The molecule has 2 fully saturated rings. The second-order valence-corrected chi connectivity index (χ2v) is 9.23. The number of carbonyl (C=O) groups excluding carboxylic acids is 2. The van der Waals surface area contributed by atoms with Crippen LogP contribution in [0.4, 0.5) is 0 Å². The van der Waals surface area contributed by atoms with Crippen LogP contribution in [0.3, 0.4) is 0 Å². The maximum absolute atomic E-state index is 13.4. The van der Waals surface area contributed by atoms with Gasteiger partial charge in [0.15, 0.2) is 11.5 Å². The number of Topliss-reactive ketones (excluding diaryl/α,β-unsaturated/α-hetero) is 1. The molecule has 0 radical (unpaired) electrons. The molecule has 0 unspecified atom stereocenters. The van der Waals surface area contributed by atoms with Crippen molar-refractivity contribution >= 4 is 17.4 Å². The molecule has 3 aliphatic heterocycles. The summed E-state index contributed by atoms with van der Waals surface area (Å²) in [4.78, 5) is 30.5. The first-order chi connectivity index (χ1) is 18.1. The minimum absolute atomic E-state index is 0.0521. The molecular formula is C28H32N2O7. The Hall–Kier alpha value is -3.56. The normalized spacial score (nSPS) is 21.3. The Labute approximate surface area is 216 Å². The largest absolute Gasteiger partial charge is 0.507 e. The van der Waals surface area contributed by atoms with Crippen LogP contribution in [0, 0.1) is 0 Å². The molecule has 2 aromatic rings. The number of amides is 1. The standard InChI is InChI=1S/C28H32N2O7/c1-2-12-35-21-5-3-4-19(17-21)25-24(26(31)20-6-7-22-23(18-20)37-16-15-36-22)27(32)28(33)30(25)9-8-29-10-13-34-14-11-29/h3-7,17-18,25,31H,2,8-16H2,1H3/b26-24+/t25-/m0/s1. The van der Waals surface area contributed by atoms with E-state index in [2.05, 4.69) is 4.90 Å². The third-order valence-corrected chi connectivity index (χ3v) is 6.76. The molecule has 0 spiro atoms. The third kappa shape index (κ3) is 5.28. The van der Waals surface area contributed by atoms with Gasteiger partial charge in [0.1, 0.15) is 24.7 Å². The summed E-state index contributed by atoms with van der Waals surface area (Å²) in [5.41, 5.74) is 1.14. The Balaban J connectivity index is 1.53. The van der Waals surface area contributed by atoms with Crippen molar-refractivity contribution in [3.05, 3.63) is 59.2 Å². The number of likely N-dealkylation sites (tertiary alicyclic amines) is 1. The van der Waals surface area contributed by atoms with Crippen molar-refractivity contribution in [2.75, 3.05) is 59.2 Å². The third-order valence-electron chi connectivity index (χ3n) is 6.76. The molecule has 37 heavy (non-hydrogen) atoms. The fraction of sp³-hybridized carbons (Fsp3) is 0.429. The first-order valence-corrected chi connectivity index (χ1v) is 12.8. The molecular weight excluding hydrogens is 476 g/mol. The van der Waals surface area contributed by atoms with E-state index in [4.69, 9.17) is 18.9 Å². The van der Waals surface area contributed by atoms with Gasteiger partial charge in [-0.1, -0.05) is 19.1 Å². The Morgan fingerprint density at radius 1 is 1.00 bits per heavy atom. The van der Waals surface area contributed by atoms with Gasteiger partial charge in [0.05, 0.1) is 31.4 Å². The van der Waals surface area contributed by atoms with Crippen LogP contribution in [0.15, 0.2) is 48.0 Å². The van der Waals surface area contributed by atoms with Crippen molar-refractivity contribution in [1.82, 2.24) is 9.80 Å². The van der Waals surface area contributed by atoms with E-state index in [-0.39, 0.29) is 11.3 Å². The van der Waals surface area contributed by atoms with Crippen LogP contribution < -0.4 is 14.2 Å². The van der Waals surface area contributed by atoms with E-state index in [1.165, 1.54) is 0 Å². The summed E-state index contributed by atoms with van der Waals surface area (Å²) < 4.78 is 22.5. The highest BCUT2D eigenvalue weighted by molar-refractivity contribution is 6.46. The highest BCUT2D eigenvalue weighted by Crippen LogP contribution is 2.41. The number of rotatable bonds is 8. The molecule has 0 bridgehead atoms. The van der Waals surface area contributed by atoms with Crippen molar-refractivity contribution in [3.8, 4) is 17.2 Å². The molecule has 9 heteroatoms. The summed E-state index contributed by atoms with van der Waals surface area (Å²) in [5.74, 6) is 0.137. The van der Waals surface area contributed by atoms with Gasteiger partial charge in [-0.3, -0.25) is 14.5 Å². The molecule has 9 nitrogen and oxygen atoms in total. The van der Waals surface area contributed by atoms with E-state index in [0.29, 0.717) is 74.5 Å². The fourth-order valence-electron chi connectivity index (χ4n) is 4.87. The first kappa shape index (κ1) is 25.1. The number of benzene rings is 2. The molecule has 196 valence electrons. The van der Waals surface area contributed by atoms with E-state index in [1.807, 2.05) is 31.2 Å². The number of hydrogen-bond donors (Lipinski definition) is 1. The molecule has 2 saturated heterocycles. The van der Waals surface area contributed by atoms with E-state index in [1.54, 1.807) is 23.1 Å². The van der Waals surface area contributed by atoms with Gasteiger partial charge in [-0.15, -0.1) is 0 Å². The highest BCUT2D eigenvalue weighted by Gasteiger charge is 2.46. The minimum Gasteiger partial charge on any atom is -0.507 e. The van der Waals surface area contributed by atoms with Crippen molar-refractivity contribution in [2.24, 2.45) is 0 Å². The number of nitrogens with zero attached hydrogens (tertiary/aromatic N) is 2. The highest BCUT2D eigenvalue weighted by atomic mass is 16.6. The van der Waals surface area contributed by atoms with E-state index >= 15 is 0 Å². The van der Waals surface area contributed by atoms with Crippen LogP contribution in [0.5, 0.6) is 17.2 Å². The number of aliphatic hydroxyl groups excluding tert-OH is 1. The van der Waals surface area contributed by atoms with Crippen molar-refractivity contribution in [3.63, 3.8) is 0 Å². The van der Waals surface area contributed by atoms with Gasteiger partial charge in [0.25, 0.3) is 11.7 Å². The number of carbonyl (C=O) groups is 2. The Bertz CT molecular complexity index is 1190. The first-order valence-electron chi connectivity index (χ1n) is 12.8. The van der Waals surface area contributed by atoms with Gasteiger partial charge >= 0.3 is 0 Å². The number of ketones is 1. The topological polar surface area (TPSA) is 97.8 Å². The monoisotopic (exact) mass is 508 g/mol. The molecule has 3 aliphatic rings. The SMILES string of the molecule is CCCOc1cccc([C@H]2/C(=C(\O)c3ccc4c(c3)OCCO4)C(=O)C(=O)N2CCN2CCOCC2)c1. The predicted octanol–water partition coefficient (Wildman–Crippen LogP) is 3.00. The predicted molar refractivity (Wildman–Crippen MR) is 136 cm³/mol. The lowest BCUT2D eigenvalue weighted by atomic mass is 9.95. The molecule has 1 amide bonds. The van der Waals surface area contributed by atoms with Crippen molar-refractivity contribution in [2.45, 2.75) is 19.4 Å². The van der Waals surface area contributed by atoms with Gasteiger partial charge in [0.2, 0.25) is 0 Å². The quantitative estimate of drug-likeness (QED) is 0.330. The van der Waals surface area contributed by atoms with Crippen LogP contribution >= 0.6 is 0 Å². The average molecular weight is 509 g/mol. The van der Waals surface area contributed by atoms with Crippen LogP contribution in [-0.4, -0.2) is 85.8 Å². The summed E-state index contributed by atoms with van der Waals surface area (Å²) in [6.45, 7) is 7.19. The average Bonchev–Trinajstić information content (AvgIpc) is 3.20. The maximum Gasteiger partial charge on any atom is 0.295 e.